The third kappa shape index (κ3) is 4.38. The maximum Gasteiger partial charge on any atom is 0.287 e. The molecule has 8 nitrogen and oxygen atoms in total. The Morgan fingerprint density at radius 1 is 0.967 bits per heavy atom. The van der Waals surface area contributed by atoms with Gasteiger partial charge < -0.3 is 15.2 Å². The Morgan fingerprint density at radius 2 is 1.67 bits per heavy atom. The number of nitrogens with zero attached hydrogens (tertiary/aromatic N) is 3. The van der Waals surface area contributed by atoms with Crippen LogP contribution in [0.3, 0.4) is 0 Å². The summed E-state index contributed by atoms with van der Waals surface area (Å²) >= 11 is 0. The zero-order chi connectivity index (χ0) is 20.9. The highest BCUT2D eigenvalue weighted by Crippen LogP contribution is 2.09. The van der Waals surface area contributed by atoms with Gasteiger partial charge in [-0.25, -0.2) is 4.98 Å². The van der Waals surface area contributed by atoms with Crippen LogP contribution in [0.15, 0.2) is 59.4 Å². The Bertz CT molecular complexity index is 1100. The fourth-order valence-corrected chi connectivity index (χ4v) is 3.54. The van der Waals surface area contributed by atoms with Crippen molar-refractivity contribution in [2.45, 2.75) is 0 Å². The van der Waals surface area contributed by atoms with Crippen LogP contribution in [0.1, 0.15) is 21.0 Å². The molecule has 1 aliphatic rings. The van der Waals surface area contributed by atoms with Crippen molar-refractivity contribution in [2.75, 3.05) is 39.3 Å². The lowest BCUT2D eigenvalue weighted by Crippen LogP contribution is -2.50. The minimum Gasteiger partial charge on any atom is -0.348 e. The third-order valence-corrected chi connectivity index (χ3v) is 5.22. The van der Waals surface area contributed by atoms with Crippen LogP contribution in [0.2, 0.25) is 0 Å². The van der Waals surface area contributed by atoms with E-state index in [0.717, 1.165) is 13.1 Å². The topological polar surface area (TPSA) is 98.4 Å². The van der Waals surface area contributed by atoms with Crippen molar-refractivity contribution in [1.82, 2.24) is 25.1 Å². The van der Waals surface area contributed by atoms with Gasteiger partial charge in [0.2, 0.25) is 0 Å². The maximum absolute atomic E-state index is 12.5. The highest BCUT2D eigenvalue weighted by molar-refractivity contribution is 5.94. The molecule has 30 heavy (non-hydrogen) atoms. The van der Waals surface area contributed by atoms with Gasteiger partial charge in [0.15, 0.2) is 5.82 Å². The second-order valence-electron chi connectivity index (χ2n) is 7.19. The average Bonchev–Trinajstić information content (AvgIpc) is 2.79. The minimum atomic E-state index is -0.407. The fourth-order valence-electron chi connectivity index (χ4n) is 3.54. The van der Waals surface area contributed by atoms with Crippen molar-refractivity contribution in [3.05, 3.63) is 76.3 Å². The molecule has 2 amide bonds. The zero-order valence-corrected chi connectivity index (χ0v) is 16.5. The molecular weight excluding hydrogens is 382 g/mol. The van der Waals surface area contributed by atoms with Crippen LogP contribution < -0.4 is 10.9 Å². The van der Waals surface area contributed by atoms with E-state index in [-0.39, 0.29) is 17.3 Å². The molecule has 0 unspecified atom stereocenters. The predicted octanol–water partition coefficient (Wildman–Crippen LogP) is 1.11. The van der Waals surface area contributed by atoms with Crippen molar-refractivity contribution in [3.63, 3.8) is 0 Å². The molecule has 0 saturated carbocycles. The van der Waals surface area contributed by atoms with Crippen molar-refractivity contribution >= 4 is 22.7 Å². The van der Waals surface area contributed by atoms with E-state index in [1.165, 1.54) is 0 Å². The molecule has 0 bridgehead atoms. The molecule has 1 saturated heterocycles. The molecule has 2 aromatic carbocycles. The van der Waals surface area contributed by atoms with Gasteiger partial charge in [-0.3, -0.25) is 19.3 Å². The van der Waals surface area contributed by atoms with Gasteiger partial charge in [-0.15, -0.1) is 0 Å². The van der Waals surface area contributed by atoms with Crippen molar-refractivity contribution in [1.29, 1.82) is 0 Å². The summed E-state index contributed by atoms with van der Waals surface area (Å²) in [5.41, 5.74) is 0.866. The van der Waals surface area contributed by atoms with Crippen molar-refractivity contribution in [2.24, 2.45) is 0 Å². The molecule has 1 aliphatic heterocycles. The largest absolute Gasteiger partial charge is 0.348 e. The number of benzene rings is 2. The molecule has 2 heterocycles. The standard InChI is InChI=1S/C22H23N5O3/c28-20-17-8-4-5-9-18(17)24-19(25-20)21(29)23-10-11-26-12-14-27(15-13-26)22(30)16-6-2-1-3-7-16/h1-9H,10-15H2,(H,23,29)(H,24,25,28). The Labute approximate surface area is 173 Å². The molecule has 0 atom stereocenters. The number of aromatic nitrogens is 2. The number of aromatic amines is 1. The van der Waals surface area contributed by atoms with Gasteiger partial charge in [0.05, 0.1) is 10.9 Å². The number of carbonyl (C=O) groups excluding carboxylic acids is 2. The summed E-state index contributed by atoms with van der Waals surface area (Å²) in [5, 5.41) is 3.26. The van der Waals surface area contributed by atoms with E-state index in [9.17, 15) is 14.4 Å². The number of nitrogens with one attached hydrogen (secondary N) is 2. The van der Waals surface area contributed by atoms with E-state index in [4.69, 9.17) is 0 Å². The van der Waals surface area contributed by atoms with Gasteiger partial charge in [0, 0.05) is 44.8 Å². The Kier molecular flexibility index (Phi) is 5.85. The van der Waals surface area contributed by atoms with E-state index in [2.05, 4.69) is 20.2 Å². The smallest absolute Gasteiger partial charge is 0.287 e. The molecule has 3 aromatic rings. The first-order valence-electron chi connectivity index (χ1n) is 9.96. The number of carbonyl (C=O) groups is 2. The number of H-pyrrole nitrogens is 1. The minimum absolute atomic E-state index is 0.0111. The average molecular weight is 405 g/mol. The Hall–Kier alpha value is -3.52. The first-order valence-corrected chi connectivity index (χ1v) is 9.96. The van der Waals surface area contributed by atoms with Crippen LogP contribution in [-0.4, -0.2) is 70.9 Å². The lowest BCUT2D eigenvalue weighted by Gasteiger charge is -2.34. The molecule has 8 heteroatoms. The summed E-state index contributed by atoms with van der Waals surface area (Å²) in [6.45, 7) is 3.90. The van der Waals surface area contributed by atoms with Gasteiger partial charge >= 0.3 is 0 Å². The summed E-state index contributed by atoms with van der Waals surface area (Å²) in [6, 6.07) is 16.2. The molecular formula is C22H23N5O3. The van der Waals surface area contributed by atoms with E-state index in [1.54, 1.807) is 24.3 Å². The van der Waals surface area contributed by atoms with Gasteiger partial charge in [0.25, 0.3) is 17.4 Å². The van der Waals surface area contributed by atoms with E-state index < -0.39 is 5.91 Å². The second kappa shape index (κ2) is 8.87. The fraction of sp³-hybridized carbons (Fsp3) is 0.273. The highest BCUT2D eigenvalue weighted by atomic mass is 16.2. The molecule has 0 aliphatic carbocycles. The van der Waals surface area contributed by atoms with E-state index in [1.807, 2.05) is 35.2 Å². The normalized spacial score (nSPS) is 14.6. The van der Waals surface area contributed by atoms with Gasteiger partial charge in [0.1, 0.15) is 0 Å². The van der Waals surface area contributed by atoms with Crippen LogP contribution in [0.25, 0.3) is 10.9 Å². The number of hydrogen-bond donors (Lipinski definition) is 2. The first-order chi connectivity index (χ1) is 14.6. The monoisotopic (exact) mass is 405 g/mol. The number of amides is 2. The number of para-hydroxylation sites is 1. The summed E-state index contributed by atoms with van der Waals surface area (Å²) < 4.78 is 0. The number of hydrogen-bond acceptors (Lipinski definition) is 5. The summed E-state index contributed by atoms with van der Waals surface area (Å²) in [7, 11) is 0. The number of rotatable bonds is 5. The molecule has 0 spiro atoms. The van der Waals surface area contributed by atoms with Crippen LogP contribution >= 0.6 is 0 Å². The van der Waals surface area contributed by atoms with Crippen LogP contribution in [0.5, 0.6) is 0 Å². The van der Waals surface area contributed by atoms with E-state index in [0.29, 0.717) is 42.6 Å². The van der Waals surface area contributed by atoms with Gasteiger partial charge in [-0.2, -0.15) is 0 Å². The summed E-state index contributed by atoms with van der Waals surface area (Å²) in [6.07, 6.45) is 0. The van der Waals surface area contributed by atoms with Crippen LogP contribution in [0.4, 0.5) is 0 Å². The maximum atomic E-state index is 12.5. The molecule has 1 aromatic heterocycles. The van der Waals surface area contributed by atoms with Crippen LogP contribution in [0, 0.1) is 0 Å². The van der Waals surface area contributed by atoms with Crippen molar-refractivity contribution in [3.8, 4) is 0 Å². The highest BCUT2D eigenvalue weighted by Gasteiger charge is 2.22. The number of fused-ring (bicyclic) bond motifs is 1. The van der Waals surface area contributed by atoms with E-state index >= 15 is 0 Å². The van der Waals surface area contributed by atoms with Crippen LogP contribution in [-0.2, 0) is 0 Å². The summed E-state index contributed by atoms with van der Waals surface area (Å²) in [5.74, 6) is -0.345. The SMILES string of the molecule is O=C(NCCN1CCN(C(=O)c2ccccc2)CC1)c1nc2ccccc2c(=O)[nH]1. The molecule has 1 fully saturated rings. The molecule has 0 radical (unpaired) electrons. The Balaban J connectivity index is 1.26. The Morgan fingerprint density at radius 3 is 2.43 bits per heavy atom. The quantitative estimate of drug-likeness (QED) is 0.663. The lowest BCUT2D eigenvalue weighted by atomic mass is 10.2. The zero-order valence-electron chi connectivity index (χ0n) is 16.5. The first kappa shape index (κ1) is 19.8. The lowest BCUT2D eigenvalue weighted by molar-refractivity contribution is 0.0638. The second-order valence-corrected chi connectivity index (χ2v) is 7.19. The van der Waals surface area contributed by atoms with Gasteiger partial charge in [-0.05, 0) is 24.3 Å². The summed E-state index contributed by atoms with van der Waals surface area (Å²) in [4.78, 5) is 47.8. The van der Waals surface area contributed by atoms with Crippen molar-refractivity contribution < 1.29 is 9.59 Å². The third-order valence-electron chi connectivity index (χ3n) is 5.22. The molecule has 4 rings (SSSR count). The molecule has 2 N–H and O–H groups in total. The number of piperazine rings is 1. The predicted molar refractivity (Wildman–Crippen MR) is 113 cm³/mol. The molecule has 154 valence electrons. The van der Waals surface area contributed by atoms with Gasteiger partial charge in [-0.1, -0.05) is 30.3 Å².